The predicted molar refractivity (Wildman–Crippen MR) is 129 cm³/mol. The van der Waals surface area contributed by atoms with Gasteiger partial charge in [-0.05, 0) is 67.0 Å². The summed E-state index contributed by atoms with van der Waals surface area (Å²) in [5.74, 6) is 0. The normalized spacial score (nSPS) is 14.2. The number of nitrogens with zero attached hydrogens (tertiary/aromatic N) is 1. The molecule has 0 amide bonds. The highest BCUT2D eigenvalue weighted by Crippen LogP contribution is 2.27. The molecule has 4 nitrogen and oxygen atoms in total. The highest BCUT2D eigenvalue weighted by atomic mass is 32.1. The summed E-state index contributed by atoms with van der Waals surface area (Å²) in [6, 6.07) is 16.8. The van der Waals surface area contributed by atoms with Gasteiger partial charge in [0.2, 0.25) is 0 Å². The second-order valence-electron chi connectivity index (χ2n) is 8.17. The minimum absolute atomic E-state index is 0.0310. The average Bonchev–Trinajstić information content (AvgIpc) is 3.28. The lowest BCUT2D eigenvalue weighted by Crippen LogP contribution is -2.42. The molecule has 1 heterocycles. The van der Waals surface area contributed by atoms with Gasteiger partial charge in [-0.2, -0.15) is 0 Å². The van der Waals surface area contributed by atoms with Gasteiger partial charge < -0.3 is 15.2 Å². The van der Waals surface area contributed by atoms with Crippen molar-refractivity contribution < 1.29 is 0 Å². The number of benzene rings is 2. The summed E-state index contributed by atoms with van der Waals surface area (Å²) in [6.07, 6.45) is 5.59. The molecule has 0 aliphatic heterocycles. The van der Waals surface area contributed by atoms with Crippen LogP contribution in [0.2, 0.25) is 0 Å². The fourth-order valence-electron chi connectivity index (χ4n) is 4.45. The molecule has 1 aromatic heterocycles. The first-order chi connectivity index (χ1) is 14.6. The number of thiocarbonyl (C=S) groups is 1. The summed E-state index contributed by atoms with van der Waals surface area (Å²) >= 11 is 5.86. The van der Waals surface area contributed by atoms with Gasteiger partial charge in [-0.15, -0.1) is 0 Å². The number of nitrogens with one attached hydrogen (secondary N) is 2. The van der Waals surface area contributed by atoms with E-state index in [1.54, 1.807) is 0 Å². The number of pyridine rings is 1. The standard InChI is InChI=1S/C25H29N3OS/c1-3-18-10-4-7-14-22(18)26-25(30)28(21-12-5-6-13-21)16-20-15-19-11-8-9-17(2)23(19)27-24(20)29/h4,7-11,14-15,21H,3,5-6,12-13,16H2,1-2H3,(H,26,30)(H,27,29). The quantitative estimate of drug-likeness (QED) is 0.533. The average molecular weight is 420 g/mol. The van der Waals surface area contributed by atoms with E-state index < -0.39 is 0 Å². The number of aromatic nitrogens is 1. The van der Waals surface area contributed by atoms with Gasteiger partial charge in [0.25, 0.3) is 5.56 Å². The molecule has 2 N–H and O–H groups in total. The Hall–Kier alpha value is -2.66. The van der Waals surface area contributed by atoms with Crippen LogP contribution in [0.5, 0.6) is 0 Å². The maximum atomic E-state index is 12.9. The van der Waals surface area contributed by atoms with Crippen molar-refractivity contribution >= 4 is 33.9 Å². The Kier molecular flexibility index (Phi) is 6.18. The van der Waals surface area contributed by atoms with E-state index in [-0.39, 0.29) is 5.56 Å². The summed E-state index contributed by atoms with van der Waals surface area (Å²) in [5.41, 5.74) is 5.01. The lowest BCUT2D eigenvalue weighted by Gasteiger charge is -2.32. The summed E-state index contributed by atoms with van der Waals surface area (Å²) < 4.78 is 0. The molecule has 0 bridgehead atoms. The number of H-pyrrole nitrogens is 1. The first-order valence-corrected chi connectivity index (χ1v) is 11.2. The van der Waals surface area contributed by atoms with Crippen LogP contribution in [0.25, 0.3) is 10.9 Å². The van der Waals surface area contributed by atoms with E-state index in [9.17, 15) is 4.79 Å². The molecule has 30 heavy (non-hydrogen) atoms. The molecule has 4 rings (SSSR count). The number of para-hydroxylation sites is 2. The molecule has 0 radical (unpaired) electrons. The third kappa shape index (κ3) is 4.26. The van der Waals surface area contributed by atoms with Crippen molar-refractivity contribution in [3.63, 3.8) is 0 Å². The Balaban J connectivity index is 1.65. The molecule has 1 aliphatic rings. The van der Waals surface area contributed by atoms with Crippen molar-refractivity contribution in [1.29, 1.82) is 0 Å². The molecule has 0 atom stereocenters. The Bertz CT molecular complexity index is 1110. The Labute approximate surface area is 183 Å². The zero-order chi connectivity index (χ0) is 21.1. The summed E-state index contributed by atoms with van der Waals surface area (Å²) in [7, 11) is 0. The van der Waals surface area contributed by atoms with Crippen molar-refractivity contribution in [2.45, 2.75) is 58.5 Å². The van der Waals surface area contributed by atoms with Crippen LogP contribution in [-0.2, 0) is 13.0 Å². The molecule has 1 fully saturated rings. The van der Waals surface area contributed by atoms with Crippen molar-refractivity contribution in [3.05, 3.63) is 75.6 Å². The van der Waals surface area contributed by atoms with Crippen LogP contribution in [-0.4, -0.2) is 21.0 Å². The largest absolute Gasteiger partial charge is 0.342 e. The summed E-state index contributed by atoms with van der Waals surface area (Å²) in [5, 5.41) is 5.23. The van der Waals surface area contributed by atoms with E-state index >= 15 is 0 Å². The zero-order valence-corrected chi connectivity index (χ0v) is 18.5. The highest BCUT2D eigenvalue weighted by Gasteiger charge is 2.26. The molecule has 156 valence electrons. The van der Waals surface area contributed by atoms with E-state index in [1.165, 1.54) is 18.4 Å². The number of aromatic amines is 1. The lowest BCUT2D eigenvalue weighted by atomic mass is 10.1. The van der Waals surface area contributed by atoms with Crippen LogP contribution in [0.1, 0.15) is 49.3 Å². The molecule has 1 aliphatic carbocycles. The van der Waals surface area contributed by atoms with Gasteiger partial charge in [-0.1, -0.05) is 56.2 Å². The van der Waals surface area contributed by atoms with E-state index in [0.29, 0.717) is 17.7 Å². The van der Waals surface area contributed by atoms with Gasteiger partial charge >= 0.3 is 0 Å². The van der Waals surface area contributed by atoms with E-state index in [2.05, 4.69) is 46.4 Å². The number of hydrogen-bond acceptors (Lipinski definition) is 2. The van der Waals surface area contributed by atoms with Crippen molar-refractivity contribution in [2.24, 2.45) is 0 Å². The van der Waals surface area contributed by atoms with Gasteiger partial charge in [0.05, 0.1) is 12.1 Å². The topological polar surface area (TPSA) is 48.1 Å². The van der Waals surface area contributed by atoms with E-state index in [1.807, 2.05) is 31.2 Å². The summed E-state index contributed by atoms with van der Waals surface area (Å²) in [4.78, 5) is 18.2. The van der Waals surface area contributed by atoms with Gasteiger partial charge in [0.1, 0.15) is 0 Å². The molecule has 3 aromatic rings. The first kappa shape index (κ1) is 20.6. The molecule has 0 spiro atoms. The van der Waals surface area contributed by atoms with Crippen LogP contribution in [0.15, 0.2) is 53.3 Å². The maximum Gasteiger partial charge on any atom is 0.253 e. The number of rotatable bonds is 5. The van der Waals surface area contributed by atoms with Crippen LogP contribution in [0, 0.1) is 6.92 Å². The predicted octanol–water partition coefficient (Wildman–Crippen LogP) is 5.54. The molecule has 5 heteroatoms. The maximum absolute atomic E-state index is 12.9. The Morgan fingerprint density at radius 3 is 2.67 bits per heavy atom. The number of aryl methyl sites for hydroxylation is 2. The van der Waals surface area contributed by atoms with Gasteiger partial charge in [-0.25, -0.2) is 0 Å². The van der Waals surface area contributed by atoms with Gasteiger partial charge in [0, 0.05) is 17.3 Å². The van der Waals surface area contributed by atoms with Crippen LogP contribution in [0.4, 0.5) is 5.69 Å². The highest BCUT2D eigenvalue weighted by molar-refractivity contribution is 7.80. The Morgan fingerprint density at radius 1 is 1.13 bits per heavy atom. The third-order valence-electron chi connectivity index (χ3n) is 6.17. The van der Waals surface area contributed by atoms with Crippen LogP contribution < -0.4 is 10.9 Å². The molecule has 0 saturated heterocycles. The second kappa shape index (κ2) is 9.00. The molecule has 2 aromatic carbocycles. The SMILES string of the molecule is CCc1ccccc1NC(=S)N(Cc1cc2cccc(C)c2[nH]c1=O)C1CCCC1. The fourth-order valence-corrected chi connectivity index (χ4v) is 4.77. The second-order valence-corrected chi connectivity index (χ2v) is 8.56. The lowest BCUT2D eigenvalue weighted by molar-refractivity contribution is 0.311. The number of anilines is 1. The molecular weight excluding hydrogens is 390 g/mol. The molecule has 1 saturated carbocycles. The smallest absolute Gasteiger partial charge is 0.253 e. The van der Waals surface area contributed by atoms with Crippen molar-refractivity contribution in [2.75, 3.05) is 5.32 Å². The minimum Gasteiger partial charge on any atom is -0.342 e. The first-order valence-electron chi connectivity index (χ1n) is 10.8. The fraction of sp³-hybridized carbons (Fsp3) is 0.360. The van der Waals surface area contributed by atoms with E-state index in [4.69, 9.17) is 12.2 Å². The number of hydrogen-bond donors (Lipinski definition) is 2. The number of fused-ring (bicyclic) bond motifs is 1. The summed E-state index contributed by atoms with van der Waals surface area (Å²) in [6.45, 7) is 4.69. The molecule has 0 unspecified atom stereocenters. The molecular formula is C25H29N3OS. The monoisotopic (exact) mass is 419 g/mol. The third-order valence-corrected chi connectivity index (χ3v) is 6.51. The van der Waals surface area contributed by atoms with Gasteiger partial charge in [-0.3, -0.25) is 4.79 Å². The minimum atomic E-state index is -0.0310. The van der Waals surface area contributed by atoms with E-state index in [0.717, 1.165) is 47.0 Å². The van der Waals surface area contributed by atoms with Crippen LogP contribution in [0.3, 0.4) is 0 Å². The van der Waals surface area contributed by atoms with Crippen LogP contribution >= 0.6 is 12.2 Å². The van der Waals surface area contributed by atoms with Gasteiger partial charge in [0.15, 0.2) is 5.11 Å². The van der Waals surface area contributed by atoms with Crippen molar-refractivity contribution in [1.82, 2.24) is 9.88 Å². The Morgan fingerprint density at radius 2 is 1.90 bits per heavy atom. The zero-order valence-electron chi connectivity index (χ0n) is 17.7. The van der Waals surface area contributed by atoms with Crippen molar-refractivity contribution in [3.8, 4) is 0 Å².